The first kappa shape index (κ1) is 17.6. The second-order valence-corrected chi connectivity index (χ2v) is 6.40. The predicted molar refractivity (Wildman–Crippen MR) is 84.4 cm³/mol. The minimum Gasteiger partial charge on any atom is -0.444 e. The fourth-order valence-electron chi connectivity index (χ4n) is 1.64. The lowest BCUT2D eigenvalue weighted by Crippen LogP contribution is -2.33. The van der Waals surface area contributed by atoms with Gasteiger partial charge >= 0.3 is 6.09 Å². The van der Waals surface area contributed by atoms with E-state index in [4.69, 9.17) is 4.74 Å². The minimum atomic E-state index is -0.493. The molecule has 6 heteroatoms. The standard InChI is InChI=1S/C15H21BrN2O3/c1-15(2,3)21-14(20)18-9-5-4-8-12(19)11-7-6-10-17-13(11)16/h6-7,10H,4-5,8-9H2,1-3H3,(H,18,20). The summed E-state index contributed by atoms with van der Waals surface area (Å²) < 4.78 is 5.69. The normalized spacial score (nSPS) is 11.0. The van der Waals surface area contributed by atoms with Gasteiger partial charge in [-0.15, -0.1) is 0 Å². The van der Waals surface area contributed by atoms with E-state index in [1.54, 1.807) is 18.3 Å². The zero-order valence-electron chi connectivity index (χ0n) is 12.6. The Morgan fingerprint density at radius 3 is 2.67 bits per heavy atom. The van der Waals surface area contributed by atoms with Gasteiger partial charge in [-0.05, 0) is 61.7 Å². The number of amides is 1. The average molecular weight is 357 g/mol. The molecule has 1 aromatic rings. The third-order valence-corrected chi connectivity index (χ3v) is 3.19. The van der Waals surface area contributed by atoms with E-state index in [1.165, 1.54) is 0 Å². The Balaban J connectivity index is 2.22. The van der Waals surface area contributed by atoms with Gasteiger partial charge in [-0.3, -0.25) is 4.79 Å². The van der Waals surface area contributed by atoms with Crippen LogP contribution in [0.5, 0.6) is 0 Å². The van der Waals surface area contributed by atoms with E-state index in [2.05, 4.69) is 26.2 Å². The number of carbonyl (C=O) groups excluding carboxylic acids is 2. The molecule has 0 unspecified atom stereocenters. The van der Waals surface area contributed by atoms with Crippen molar-refractivity contribution in [1.82, 2.24) is 10.3 Å². The highest BCUT2D eigenvalue weighted by Gasteiger charge is 2.15. The number of rotatable bonds is 6. The van der Waals surface area contributed by atoms with Crippen LogP contribution >= 0.6 is 15.9 Å². The van der Waals surface area contributed by atoms with Crippen molar-refractivity contribution in [3.63, 3.8) is 0 Å². The number of aromatic nitrogens is 1. The number of Topliss-reactive ketones (excluding diaryl/α,β-unsaturated/α-hetero) is 1. The molecule has 0 saturated heterocycles. The Hall–Kier alpha value is -1.43. The molecule has 1 rings (SSSR count). The average Bonchev–Trinajstić information content (AvgIpc) is 2.36. The third kappa shape index (κ3) is 7.22. The first-order valence-electron chi connectivity index (χ1n) is 6.90. The highest BCUT2D eigenvalue weighted by atomic mass is 79.9. The van der Waals surface area contributed by atoms with Crippen LogP contribution in [0.4, 0.5) is 4.79 Å². The first-order chi connectivity index (χ1) is 9.79. The third-order valence-electron chi connectivity index (χ3n) is 2.56. The van der Waals surface area contributed by atoms with Gasteiger partial charge in [0, 0.05) is 19.2 Å². The molecule has 5 nitrogen and oxygen atoms in total. The Labute approximate surface area is 133 Å². The SMILES string of the molecule is CC(C)(C)OC(=O)NCCCCC(=O)c1cccnc1Br. The minimum absolute atomic E-state index is 0.0484. The number of hydrogen-bond donors (Lipinski definition) is 1. The summed E-state index contributed by atoms with van der Waals surface area (Å²) in [7, 11) is 0. The van der Waals surface area contributed by atoms with Gasteiger partial charge in [0.2, 0.25) is 0 Å². The van der Waals surface area contributed by atoms with Gasteiger partial charge in [0.15, 0.2) is 5.78 Å². The molecule has 1 amide bonds. The van der Waals surface area contributed by atoms with Crippen molar-refractivity contribution in [1.29, 1.82) is 0 Å². The zero-order valence-corrected chi connectivity index (χ0v) is 14.2. The summed E-state index contributed by atoms with van der Waals surface area (Å²) in [6.07, 6.45) is 3.06. The van der Waals surface area contributed by atoms with E-state index in [-0.39, 0.29) is 5.78 Å². The molecule has 0 atom stereocenters. The van der Waals surface area contributed by atoms with E-state index in [0.717, 1.165) is 6.42 Å². The Bertz CT molecular complexity index is 498. The van der Waals surface area contributed by atoms with Crippen LogP contribution in [0.25, 0.3) is 0 Å². The quantitative estimate of drug-likeness (QED) is 0.479. The van der Waals surface area contributed by atoms with Gasteiger partial charge in [0.1, 0.15) is 10.2 Å². The lowest BCUT2D eigenvalue weighted by Gasteiger charge is -2.19. The Morgan fingerprint density at radius 2 is 2.05 bits per heavy atom. The van der Waals surface area contributed by atoms with Crippen LogP contribution in [0.2, 0.25) is 0 Å². The molecule has 0 aliphatic heterocycles. The lowest BCUT2D eigenvalue weighted by atomic mass is 10.1. The van der Waals surface area contributed by atoms with Crippen LogP contribution in [-0.4, -0.2) is 29.0 Å². The van der Waals surface area contributed by atoms with Crippen molar-refractivity contribution in [3.05, 3.63) is 28.5 Å². The van der Waals surface area contributed by atoms with Crippen LogP contribution in [0.1, 0.15) is 50.4 Å². The largest absolute Gasteiger partial charge is 0.444 e. The van der Waals surface area contributed by atoms with Crippen molar-refractivity contribution in [2.24, 2.45) is 0 Å². The van der Waals surface area contributed by atoms with Crippen LogP contribution in [0.3, 0.4) is 0 Å². The number of nitrogens with one attached hydrogen (secondary N) is 1. The van der Waals surface area contributed by atoms with Crippen molar-refractivity contribution < 1.29 is 14.3 Å². The molecule has 1 aromatic heterocycles. The van der Waals surface area contributed by atoms with Crippen molar-refractivity contribution in [3.8, 4) is 0 Å². The van der Waals surface area contributed by atoms with E-state index < -0.39 is 11.7 Å². The summed E-state index contributed by atoms with van der Waals surface area (Å²) in [5.41, 5.74) is 0.102. The molecule has 0 spiro atoms. The summed E-state index contributed by atoms with van der Waals surface area (Å²) in [6.45, 7) is 5.95. The summed E-state index contributed by atoms with van der Waals surface area (Å²) >= 11 is 3.26. The van der Waals surface area contributed by atoms with Crippen molar-refractivity contribution in [2.75, 3.05) is 6.54 Å². The summed E-state index contributed by atoms with van der Waals surface area (Å²) in [5.74, 6) is 0.0484. The Kier molecular flexibility index (Phi) is 6.81. The maximum Gasteiger partial charge on any atom is 0.407 e. The predicted octanol–water partition coefficient (Wildman–Crippen LogP) is 3.72. The molecule has 0 saturated carbocycles. The number of nitrogens with zero attached hydrogens (tertiary/aromatic N) is 1. The number of pyridine rings is 1. The number of halogens is 1. The molecule has 0 bridgehead atoms. The number of carbonyl (C=O) groups is 2. The van der Waals surface area contributed by atoms with Gasteiger partial charge in [-0.25, -0.2) is 9.78 Å². The van der Waals surface area contributed by atoms with Crippen LogP contribution < -0.4 is 5.32 Å². The first-order valence-corrected chi connectivity index (χ1v) is 7.69. The summed E-state index contributed by atoms with van der Waals surface area (Å²) in [5, 5.41) is 2.67. The molecular weight excluding hydrogens is 336 g/mol. The van der Waals surface area contributed by atoms with Gasteiger partial charge in [0.25, 0.3) is 0 Å². The molecule has 116 valence electrons. The van der Waals surface area contributed by atoms with Gasteiger partial charge in [0.05, 0.1) is 5.56 Å². The van der Waals surface area contributed by atoms with Crippen LogP contribution in [0.15, 0.2) is 22.9 Å². The molecular formula is C15H21BrN2O3. The van der Waals surface area contributed by atoms with Crippen LogP contribution in [0, 0.1) is 0 Å². The molecule has 21 heavy (non-hydrogen) atoms. The van der Waals surface area contributed by atoms with Crippen LogP contribution in [-0.2, 0) is 4.74 Å². The number of alkyl carbamates (subject to hydrolysis) is 1. The highest BCUT2D eigenvalue weighted by Crippen LogP contribution is 2.15. The fraction of sp³-hybridized carbons (Fsp3) is 0.533. The fourth-order valence-corrected chi connectivity index (χ4v) is 2.12. The van der Waals surface area contributed by atoms with Gasteiger partial charge in [-0.1, -0.05) is 0 Å². The number of ketones is 1. The summed E-state index contributed by atoms with van der Waals surface area (Å²) in [4.78, 5) is 27.4. The van der Waals surface area contributed by atoms with E-state index >= 15 is 0 Å². The second kappa shape index (κ2) is 8.12. The lowest BCUT2D eigenvalue weighted by molar-refractivity contribution is 0.0527. The molecule has 0 radical (unpaired) electrons. The Morgan fingerprint density at radius 1 is 1.33 bits per heavy atom. The number of hydrogen-bond acceptors (Lipinski definition) is 4. The molecule has 0 fully saturated rings. The van der Waals surface area contributed by atoms with E-state index in [9.17, 15) is 9.59 Å². The molecule has 1 heterocycles. The maximum atomic E-state index is 12.0. The van der Waals surface area contributed by atoms with E-state index in [1.807, 2.05) is 20.8 Å². The van der Waals surface area contributed by atoms with Crippen molar-refractivity contribution in [2.45, 2.75) is 45.6 Å². The smallest absolute Gasteiger partial charge is 0.407 e. The molecule has 1 N–H and O–H groups in total. The van der Waals surface area contributed by atoms with E-state index in [0.29, 0.717) is 29.6 Å². The second-order valence-electron chi connectivity index (χ2n) is 5.65. The topological polar surface area (TPSA) is 68.3 Å². The maximum absolute atomic E-state index is 12.0. The van der Waals surface area contributed by atoms with Crippen molar-refractivity contribution >= 4 is 27.8 Å². The zero-order chi connectivity index (χ0) is 15.9. The number of ether oxygens (including phenoxy) is 1. The van der Waals surface area contributed by atoms with Gasteiger partial charge < -0.3 is 10.1 Å². The highest BCUT2D eigenvalue weighted by molar-refractivity contribution is 9.10. The van der Waals surface area contributed by atoms with Gasteiger partial charge in [-0.2, -0.15) is 0 Å². The molecule has 0 aliphatic rings. The summed E-state index contributed by atoms with van der Waals surface area (Å²) in [6, 6.07) is 3.49. The number of unbranched alkanes of at least 4 members (excludes halogenated alkanes) is 1. The monoisotopic (exact) mass is 356 g/mol. The molecule has 0 aromatic carbocycles. The molecule has 0 aliphatic carbocycles.